The Morgan fingerprint density at radius 3 is 2.46 bits per heavy atom. The molecule has 1 aliphatic heterocycles. The summed E-state index contributed by atoms with van der Waals surface area (Å²) in [6.45, 7) is 6.53. The normalized spacial score (nSPS) is 15.9. The van der Waals surface area contributed by atoms with Gasteiger partial charge in [0.2, 0.25) is 10.0 Å². The second-order valence-corrected chi connectivity index (χ2v) is 12.4. The summed E-state index contributed by atoms with van der Waals surface area (Å²) in [6, 6.07) is 13.1. The zero-order valence-corrected chi connectivity index (χ0v) is 23.4. The number of sulfonamides is 1. The number of Topliss-reactive ketones (excluding diaryl/α,β-unsaturated/α-hetero) is 1. The Hall–Kier alpha value is -2.59. The van der Waals surface area contributed by atoms with Crippen molar-refractivity contribution in [2.45, 2.75) is 50.5 Å². The standard InChI is InChI=1S/C27H30ClN3O4S2/c1-4-31(19(3)25(32)20-8-6-5-7-9-20)27(33)24-17-36-26(29-24)21-12-14-30(15-13-21)37(34,35)22-11-10-18(2)23(28)16-22/h5-11,16-17,19,21H,4,12-15H2,1-3H3. The molecule has 1 atom stereocenters. The van der Waals surface area contributed by atoms with Crippen LogP contribution in [0.5, 0.6) is 0 Å². The molecule has 1 unspecified atom stereocenters. The molecule has 1 saturated heterocycles. The van der Waals surface area contributed by atoms with Crippen molar-refractivity contribution in [3.8, 4) is 0 Å². The van der Waals surface area contributed by atoms with Crippen molar-refractivity contribution in [3.05, 3.63) is 80.8 Å². The number of carbonyl (C=O) groups is 2. The number of ketones is 1. The molecule has 0 spiro atoms. The average Bonchev–Trinajstić information content (AvgIpc) is 3.41. The van der Waals surface area contributed by atoms with Gasteiger partial charge in [0.25, 0.3) is 5.91 Å². The van der Waals surface area contributed by atoms with Gasteiger partial charge in [0.15, 0.2) is 5.78 Å². The zero-order chi connectivity index (χ0) is 26.7. The number of aromatic nitrogens is 1. The van der Waals surface area contributed by atoms with Crippen molar-refractivity contribution in [1.29, 1.82) is 0 Å². The van der Waals surface area contributed by atoms with Crippen LogP contribution in [0.1, 0.15) is 64.0 Å². The van der Waals surface area contributed by atoms with E-state index in [0.717, 1.165) is 10.6 Å². The summed E-state index contributed by atoms with van der Waals surface area (Å²) in [5.74, 6) is -0.328. The number of benzene rings is 2. The van der Waals surface area contributed by atoms with Gasteiger partial charge in [-0.25, -0.2) is 13.4 Å². The maximum atomic E-state index is 13.3. The van der Waals surface area contributed by atoms with E-state index in [4.69, 9.17) is 11.6 Å². The number of thiazole rings is 1. The number of likely N-dealkylation sites (N-methyl/N-ethyl adjacent to an activating group) is 1. The zero-order valence-electron chi connectivity index (χ0n) is 21.1. The lowest BCUT2D eigenvalue weighted by atomic mass is 9.99. The van der Waals surface area contributed by atoms with E-state index in [-0.39, 0.29) is 22.5 Å². The van der Waals surface area contributed by atoms with E-state index < -0.39 is 16.1 Å². The molecule has 7 nitrogen and oxygen atoms in total. The number of aryl methyl sites for hydroxylation is 1. The lowest BCUT2D eigenvalue weighted by Gasteiger charge is -2.30. The van der Waals surface area contributed by atoms with Crippen molar-refractivity contribution in [3.63, 3.8) is 0 Å². The first-order valence-corrected chi connectivity index (χ1v) is 14.9. The first kappa shape index (κ1) is 27.4. The largest absolute Gasteiger partial charge is 0.327 e. The maximum absolute atomic E-state index is 13.3. The Balaban J connectivity index is 1.42. The minimum atomic E-state index is -3.63. The minimum absolute atomic E-state index is 0.0676. The van der Waals surface area contributed by atoms with Gasteiger partial charge in [-0.3, -0.25) is 9.59 Å². The molecule has 0 N–H and O–H groups in total. The Morgan fingerprint density at radius 1 is 1.16 bits per heavy atom. The summed E-state index contributed by atoms with van der Waals surface area (Å²) in [5, 5.41) is 2.98. The van der Waals surface area contributed by atoms with Crippen molar-refractivity contribution in [1.82, 2.24) is 14.2 Å². The van der Waals surface area contributed by atoms with E-state index in [1.54, 1.807) is 48.7 Å². The summed E-state index contributed by atoms with van der Waals surface area (Å²) >= 11 is 7.56. The third-order valence-electron chi connectivity index (χ3n) is 6.83. The van der Waals surface area contributed by atoms with Crippen LogP contribution in [0, 0.1) is 6.92 Å². The number of nitrogens with zero attached hydrogens (tertiary/aromatic N) is 3. The smallest absolute Gasteiger partial charge is 0.273 e. The van der Waals surface area contributed by atoms with Crippen LogP contribution in [0.15, 0.2) is 58.8 Å². The molecule has 1 amide bonds. The van der Waals surface area contributed by atoms with Crippen molar-refractivity contribution >= 4 is 44.7 Å². The van der Waals surface area contributed by atoms with Crippen LogP contribution < -0.4 is 0 Å². The number of hydrogen-bond donors (Lipinski definition) is 0. The van der Waals surface area contributed by atoms with E-state index in [9.17, 15) is 18.0 Å². The summed E-state index contributed by atoms with van der Waals surface area (Å²) in [5.41, 5.74) is 1.71. The number of carbonyl (C=O) groups excluding carboxylic acids is 2. The highest BCUT2D eigenvalue weighted by molar-refractivity contribution is 7.89. The Labute approximate surface area is 227 Å². The van der Waals surface area contributed by atoms with Gasteiger partial charge in [-0.15, -0.1) is 11.3 Å². The molecule has 196 valence electrons. The van der Waals surface area contributed by atoms with Crippen LogP contribution in [0.4, 0.5) is 0 Å². The minimum Gasteiger partial charge on any atom is -0.327 e. The molecule has 0 radical (unpaired) electrons. The van der Waals surface area contributed by atoms with E-state index >= 15 is 0 Å². The highest BCUT2D eigenvalue weighted by atomic mass is 35.5. The van der Waals surface area contributed by atoms with Crippen LogP contribution >= 0.6 is 22.9 Å². The molecular formula is C27H30ClN3O4S2. The molecule has 10 heteroatoms. The lowest BCUT2D eigenvalue weighted by molar-refractivity contribution is 0.0633. The SMILES string of the molecule is CCN(C(=O)c1csc(C2CCN(S(=O)(=O)c3ccc(C)c(Cl)c3)CC2)n1)C(C)C(=O)c1ccccc1. The van der Waals surface area contributed by atoms with E-state index in [0.29, 0.717) is 48.8 Å². The molecule has 37 heavy (non-hydrogen) atoms. The van der Waals surface area contributed by atoms with Gasteiger partial charge in [0, 0.05) is 41.5 Å². The second-order valence-electron chi connectivity index (χ2n) is 9.16. The Bertz CT molecular complexity index is 1380. The van der Waals surface area contributed by atoms with Gasteiger partial charge in [0.05, 0.1) is 15.9 Å². The Kier molecular flexibility index (Phi) is 8.48. The van der Waals surface area contributed by atoms with Crippen LogP contribution in [0.25, 0.3) is 0 Å². The van der Waals surface area contributed by atoms with Gasteiger partial charge < -0.3 is 4.90 Å². The quantitative estimate of drug-likeness (QED) is 0.344. The fraction of sp³-hybridized carbons (Fsp3) is 0.370. The number of amides is 1. The highest BCUT2D eigenvalue weighted by Gasteiger charge is 2.33. The van der Waals surface area contributed by atoms with Gasteiger partial charge in [-0.1, -0.05) is 48.0 Å². The van der Waals surface area contributed by atoms with Gasteiger partial charge in [-0.05, 0) is 51.3 Å². The molecule has 0 bridgehead atoms. The average molecular weight is 560 g/mol. The summed E-state index contributed by atoms with van der Waals surface area (Å²) < 4.78 is 27.7. The van der Waals surface area contributed by atoms with E-state index in [1.165, 1.54) is 26.6 Å². The molecule has 1 aliphatic rings. The molecule has 0 saturated carbocycles. The van der Waals surface area contributed by atoms with Gasteiger partial charge in [-0.2, -0.15) is 4.31 Å². The van der Waals surface area contributed by atoms with Gasteiger partial charge >= 0.3 is 0 Å². The topological polar surface area (TPSA) is 87.7 Å². The predicted octanol–water partition coefficient (Wildman–Crippen LogP) is 5.41. The monoisotopic (exact) mass is 559 g/mol. The van der Waals surface area contributed by atoms with Crippen LogP contribution in [-0.4, -0.2) is 60.0 Å². The first-order chi connectivity index (χ1) is 17.6. The first-order valence-electron chi connectivity index (χ1n) is 12.3. The summed E-state index contributed by atoms with van der Waals surface area (Å²) in [7, 11) is -3.63. The molecule has 4 rings (SSSR count). The molecule has 1 fully saturated rings. The third kappa shape index (κ3) is 5.80. The van der Waals surface area contributed by atoms with Crippen LogP contribution in [0.2, 0.25) is 5.02 Å². The number of piperidine rings is 1. The fourth-order valence-electron chi connectivity index (χ4n) is 4.53. The van der Waals surface area contributed by atoms with Crippen LogP contribution in [-0.2, 0) is 10.0 Å². The van der Waals surface area contributed by atoms with Crippen molar-refractivity contribution in [2.75, 3.05) is 19.6 Å². The molecule has 2 aromatic carbocycles. The highest BCUT2D eigenvalue weighted by Crippen LogP contribution is 2.33. The molecule has 2 heterocycles. The van der Waals surface area contributed by atoms with Gasteiger partial charge in [0.1, 0.15) is 5.69 Å². The van der Waals surface area contributed by atoms with Crippen molar-refractivity contribution in [2.24, 2.45) is 0 Å². The van der Waals surface area contributed by atoms with E-state index in [2.05, 4.69) is 4.98 Å². The van der Waals surface area contributed by atoms with E-state index in [1.807, 2.05) is 19.9 Å². The second kappa shape index (κ2) is 11.4. The summed E-state index contributed by atoms with van der Waals surface area (Å²) in [6.07, 6.45) is 1.22. The molecule has 3 aromatic rings. The molecule has 0 aliphatic carbocycles. The Morgan fingerprint density at radius 2 is 1.84 bits per heavy atom. The van der Waals surface area contributed by atoms with Crippen LogP contribution in [0.3, 0.4) is 0 Å². The fourth-order valence-corrected chi connectivity index (χ4v) is 7.23. The summed E-state index contributed by atoms with van der Waals surface area (Å²) in [4.78, 5) is 32.5. The molecular weight excluding hydrogens is 530 g/mol. The maximum Gasteiger partial charge on any atom is 0.273 e. The predicted molar refractivity (Wildman–Crippen MR) is 146 cm³/mol. The molecule has 1 aromatic heterocycles. The lowest BCUT2D eigenvalue weighted by Crippen LogP contribution is -2.43. The number of halogens is 1. The van der Waals surface area contributed by atoms with Crippen molar-refractivity contribution < 1.29 is 18.0 Å². The number of rotatable bonds is 8. The number of hydrogen-bond acceptors (Lipinski definition) is 6. The third-order valence-corrected chi connectivity index (χ3v) is 10.1.